The maximum absolute atomic E-state index is 13.1. The quantitative estimate of drug-likeness (QED) is 0.0243. The first-order chi connectivity index (χ1) is 39.5. The van der Waals surface area contributed by atoms with Crippen LogP contribution in [0.1, 0.15) is 393 Å². The Morgan fingerprint density at radius 1 is 0.407 bits per heavy atom. The van der Waals surface area contributed by atoms with Gasteiger partial charge in [0.2, 0.25) is 5.91 Å². The van der Waals surface area contributed by atoms with Crippen molar-refractivity contribution in [2.45, 2.75) is 405 Å². The standard InChI is InChI=1S/C72H145N2O6P/c1-6-8-10-12-14-16-18-20-22-24-26-28-29-30-31-32-33-34-35-36-37-38-39-40-41-42-43-44-45-46-48-50-52-54-56-58-60-62-64-66-72(76)73-70(69-80-81(77,78)79-68-67-74(3,4)5)71(75)65-63-61-59-57-55-53-51-49-47-27-25-23-21-19-17-15-13-11-9-7-2/h36-37,70-71,75H,6-35,38-69H2,1-5H3,(H-,73,76,77,78)/p+1/b37-36-. The average Bonchev–Trinajstić information content (AvgIpc) is 3.43. The summed E-state index contributed by atoms with van der Waals surface area (Å²) in [7, 11) is 1.64. The summed E-state index contributed by atoms with van der Waals surface area (Å²) in [4.78, 5) is 23.4. The first-order valence-electron chi connectivity index (χ1n) is 36.6. The van der Waals surface area contributed by atoms with Crippen molar-refractivity contribution in [1.82, 2.24) is 5.32 Å². The number of allylic oxidation sites excluding steroid dienone is 2. The molecule has 1 amide bonds. The molecule has 0 aromatic carbocycles. The number of nitrogens with zero attached hydrogens (tertiary/aromatic N) is 1. The van der Waals surface area contributed by atoms with E-state index in [1.807, 2.05) is 21.1 Å². The molecule has 0 radical (unpaired) electrons. The fourth-order valence-corrected chi connectivity index (χ4v) is 12.3. The highest BCUT2D eigenvalue weighted by Crippen LogP contribution is 2.43. The molecule has 0 aliphatic heterocycles. The van der Waals surface area contributed by atoms with Crippen LogP contribution >= 0.6 is 7.82 Å². The number of carbonyl (C=O) groups is 1. The lowest BCUT2D eigenvalue weighted by Crippen LogP contribution is -2.46. The van der Waals surface area contributed by atoms with E-state index in [-0.39, 0.29) is 19.1 Å². The Morgan fingerprint density at radius 3 is 0.951 bits per heavy atom. The van der Waals surface area contributed by atoms with Crippen molar-refractivity contribution in [2.75, 3.05) is 40.9 Å². The number of likely N-dealkylation sites (N-methyl/N-ethyl adjacent to an activating group) is 1. The molecule has 3 unspecified atom stereocenters. The number of amides is 1. The van der Waals surface area contributed by atoms with Crippen molar-refractivity contribution in [3.63, 3.8) is 0 Å². The second-order valence-electron chi connectivity index (χ2n) is 26.7. The zero-order chi connectivity index (χ0) is 59.1. The summed E-state index contributed by atoms with van der Waals surface area (Å²) in [6, 6.07) is -0.758. The van der Waals surface area contributed by atoms with Gasteiger partial charge < -0.3 is 19.8 Å². The first kappa shape index (κ1) is 80.2. The highest BCUT2D eigenvalue weighted by atomic mass is 31.2. The second-order valence-corrected chi connectivity index (χ2v) is 28.1. The molecule has 0 aromatic heterocycles. The SMILES string of the molecule is CCCCCCCCCCCCCCCCCCCC/C=C\CCCCCCCCCCCCCCCCCCCC(=O)NC(COP(=O)(O)OCC[N+](C)(C)C)C(O)CCCCCCCCCCCCCCCCCCCCCC. The number of nitrogens with one attached hydrogen (secondary N) is 1. The Hall–Kier alpha value is -0.760. The zero-order valence-corrected chi connectivity index (χ0v) is 56.5. The number of quaternary nitrogens is 1. The maximum Gasteiger partial charge on any atom is 0.472 e. The molecular weight excluding hydrogens is 1020 g/mol. The number of hydrogen-bond donors (Lipinski definition) is 3. The minimum Gasteiger partial charge on any atom is -0.391 e. The Bertz CT molecular complexity index is 1320. The van der Waals surface area contributed by atoms with Gasteiger partial charge in [-0.2, -0.15) is 0 Å². The summed E-state index contributed by atoms with van der Waals surface area (Å²) < 4.78 is 23.9. The van der Waals surface area contributed by atoms with Crippen molar-refractivity contribution in [3.05, 3.63) is 12.2 Å². The van der Waals surface area contributed by atoms with E-state index in [4.69, 9.17) is 9.05 Å². The van der Waals surface area contributed by atoms with Crippen LogP contribution < -0.4 is 5.32 Å². The maximum atomic E-state index is 13.1. The third-order valence-corrected chi connectivity index (χ3v) is 18.2. The molecule has 0 spiro atoms. The van der Waals surface area contributed by atoms with Crippen LogP contribution in [0.4, 0.5) is 0 Å². The average molecular weight is 1170 g/mol. The van der Waals surface area contributed by atoms with E-state index >= 15 is 0 Å². The number of unbranched alkanes of at least 4 members (excludes halogenated alkanes) is 54. The highest BCUT2D eigenvalue weighted by Gasteiger charge is 2.28. The summed E-state index contributed by atoms with van der Waals surface area (Å²) in [5.41, 5.74) is 0. The molecule has 9 heteroatoms. The first-order valence-corrected chi connectivity index (χ1v) is 38.0. The van der Waals surface area contributed by atoms with Gasteiger partial charge in [0.15, 0.2) is 0 Å². The van der Waals surface area contributed by atoms with Gasteiger partial charge in [0.05, 0.1) is 39.9 Å². The summed E-state index contributed by atoms with van der Waals surface area (Å²) in [6.07, 6.45) is 82.0. The van der Waals surface area contributed by atoms with E-state index in [1.165, 1.54) is 327 Å². The van der Waals surface area contributed by atoms with E-state index in [2.05, 4.69) is 31.3 Å². The molecule has 0 aromatic rings. The Morgan fingerprint density at radius 2 is 0.667 bits per heavy atom. The van der Waals surface area contributed by atoms with E-state index < -0.39 is 20.0 Å². The number of phosphoric ester groups is 1. The van der Waals surface area contributed by atoms with Crippen LogP contribution in [0.3, 0.4) is 0 Å². The van der Waals surface area contributed by atoms with E-state index in [0.29, 0.717) is 23.9 Å². The minimum atomic E-state index is -4.33. The van der Waals surface area contributed by atoms with Crippen LogP contribution in [0.25, 0.3) is 0 Å². The van der Waals surface area contributed by atoms with Gasteiger partial charge in [-0.05, 0) is 38.5 Å². The van der Waals surface area contributed by atoms with Gasteiger partial charge in [-0.25, -0.2) is 4.57 Å². The zero-order valence-electron chi connectivity index (χ0n) is 55.6. The van der Waals surface area contributed by atoms with Crippen molar-refractivity contribution in [1.29, 1.82) is 0 Å². The lowest BCUT2D eigenvalue weighted by Gasteiger charge is -2.26. The van der Waals surface area contributed by atoms with Crippen molar-refractivity contribution < 1.29 is 32.9 Å². The van der Waals surface area contributed by atoms with Gasteiger partial charge in [0, 0.05) is 6.42 Å². The molecule has 0 rings (SSSR count). The molecule has 8 nitrogen and oxygen atoms in total. The van der Waals surface area contributed by atoms with Gasteiger partial charge in [-0.1, -0.05) is 360 Å². The number of aliphatic hydroxyl groups is 1. The number of phosphoric acid groups is 1. The number of aliphatic hydroxyl groups excluding tert-OH is 1. The van der Waals surface area contributed by atoms with Gasteiger partial charge in [0.25, 0.3) is 0 Å². The molecule has 0 fully saturated rings. The molecule has 3 N–H and O–H groups in total. The van der Waals surface area contributed by atoms with Crippen LogP contribution in [0, 0.1) is 0 Å². The van der Waals surface area contributed by atoms with Crippen molar-refractivity contribution in [3.8, 4) is 0 Å². The smallest absolute Gasteiger partial charge is 0.391 e. The molecule has 0 saturated heterocycles. The van der Waals surface area contributed by atoms with Gasteiger partial charge in [0.1, 0.15) is 13.2 Å². The molecule has 484 valence electrons. The fraction of sp³-hybridized carbons (Fsp3) is 0.958. The molecule has 0 bridgehead atoms. The molecule has 0 aliphatic rings. The van der Waals surface area contributed by atoms with Crippen LogP contribution in [0.15, 0.2) is 12.2 Å². The summed E-state index contributed by atoms with van der Waals surface area (Å²) in [6.45, 7) is 4.96. The predicted molar refractivity (Wildman–Crippen MR) is 355 cm³/mol. The van der Waals surface area contributed by atoms with Crippen LogP contribution in [0.5, 0.6) is 0 Å². The summed E-state index contributed by atoms with van der Waals surface area (Å²) in [5.74, 6) is -0.135. The van der Waals surface area contributed by atoms with Gasteiger partial charge >= 0.3 is 7.82 Å². The van der Waals surface area contributed by atoms with E-state index in [0.717, 1.165) is 38.5 Å². The van der Waals surface area contributed by atoms with Gasteiger partial charge in [-0.15, -0.1) is 0 Å². The highest BCUT2D eigenvalue weighted by molar-refractivity contribution is 7.47. The van der Waals surface area contributed by atoms with Crippen molar-refractivity contribution >= 4 is 13.7 Å². The molecule has 0 saturated carbocycles. The van der Waals surface area contributed by atoms with Crippen LogP contribution in [-0.4, -0.2) is 73.4 Å². The topological polar surface area (TPSA) is 105 Å². The minimum absolute atomic E-state index is 0.0782. The van der Waals surface area contributed by atoms with Crippen LogP contribution in [0.2, 0.25) is 0 Å². The molecule has 81 heavy (non-hydrogen) atoms. The van der Waals surface area contributed by atoms with E-state index in [9.17, 15) is 19.4 Å². The Kier molecular flexibility index (Phi) is 63.1. The molecule has 0 aliphatic carbocycles. The lowest BCUT2D eigenvalue weighted by molar-refractivity contribution is -0.870. The summed E-state index contributed by atoms with van der Waals surface area (Å²) >= 11 is 0. The molecule has 0 heterocycles. The second kappa shape index (κ2) is 63.7. The third-order valence-electron chi connectivity index (χ3n) is 17.3. The molecular formula is C72H146N2O6P+. The number of rotatable bonds is 69. The predicted octanol–water partition coefficient (Wildman–Crippen LogP) is 23.3. The fourth-order valence-electron chi connectivity index (χ4n) is 11.6. The third kappa shape index (κ3) is 66.6. The molecule has 3 atom stereocenters. The monoisotopic (exact) mass is 1170 g/mol. The largest absolute Gasteiger partial charge is 0.472 e. The number of hydrogen-bond acceptors (Lipinski definition) is 5. The van der Waals surface area contributed by atoms with Crippen molar-refractivity contribution in [2.24, 2.45) is 0 Å². The van der Waals surface area contributed by atoms with Gasteiger partial charge in [-0.3, -0.25) is 13.8 Å². The Labute approximate surface area is 507 Å². The normalized spacial score (nSPS) is 13.6. The Balaban J connectivity index is 3.88. The lowest BCUT2D eigenvalue weighted by atomic mass is 10.0. The van der Waals surface area contributed by atoms with E-state index in [1.54, 1.807) is 0 Å². The van der Waals surface area contributed by atoms with Crippen LogP contribution in [-0.2, 0) is 18.4 Å². The summed E-state index contributed by atoms with van der Waals surface area (Å²) in [5, 5.41) is 14.1. The number of carbonyl (C=O) groups excluding carboxylic acids is 1.